The van der Waals surface area contributed by atoms with Gasteiger partial charge in [-0.05, 0) is 62.4 Å². The largest absolute Gasteiger partial charge is 0.491 e. The Bertz CT molecular complexity index is 846. The molecule has 6 nitrogen and oxygen atoms in total. The Balaban J connectivity index is 1.71. The molecular weight excluding hydrogens is 372 g/mol. The van der Waals surface area contributed by atoms with Crippen molar-refractivity contribution in [3.05, 3.63) is 41.8 Å². The van der Waals surface area contributed by atoms with Gasteiger partial charge in [0.25, 0.3) is 10.0 Å². The second-order valence-corrected chi connectivity index (χ2v) is 9.45. The Morgan fingerprint density at radius 2 is 2.00 bits per heavy atom. The van der Waals surface area contributed by atoms with Crippen molar-refractivity contribution in [2.24, 2.45) is 0 Å². The fraction of sp³-hybridized carbons (Fsp3) is 0.389. The minimum Gasteiger partial charge on any atom is -0.491 e. The molecule has 1 N–H and O–H groups in total. The molecule has 140 valence electrons. The molecule has 0 saturated carbocycles. The third kappa shape index (κ3) is 4.08. The molecule has 1 atom stereocenters. The lowest BCUT2D eigenvalue weighted by atomic mass is 10.2. The van der Waals surface area contributed by atoms with E-state index in [4.69, 9.17) is 4.74 Å². The van der Waals surface area contributed by atoms with Gasteiger partial charge in [0, 0.05) is 12.2 Å². The number of anilines is 1. The van der Waals surface area contributed by atoms with Gasteiger partial charge in [-0.1, -0.05) is 6.07 Å². The smallest absolute Gasteiger partial charge is 0.253 e. The number of carbonyl (C=O) groups excluding carboxylic acids is 1. The van der Waals surface area contributed by atoms with Gasteiger partial charge in [-0.15, -0.1) is 11.3 Å². The summed E-state index contributed by atoms with van der Waals surface area (Å²) in [7, 11) is -3.63. The van der Waals surface area contributed by atoms with Crippen molar-refractivity contribution in [1.29, 1.82) is 0 Å². The molecule has 2 aromatic rings. The lowest BCUT2D eigenvalue weighted by Gasteiger charge is -2.22. The molecular formula is C18H22N2O4S2. The summed E-state index contributed by atoms with van der Waals surface area (Å²) in [5.41, 5.74) is 0.617. The number of hydrogen-bond donors (Lipinski definition) is 1. The maximum absolute atomic E-state index is 12.7. The molecule has 2 heterocycles. The van der Waals surface area contributed by atoms with Crippen LogP contribution in [0.3, 0.4) is 0 Å². The average Bonchev–Trinajstić information content (AvgIpc) is 3.28. The number of ether oxygens (including phenoxy) is 1. The van der Waals surface area contributed by atoms with Crippen molar-refractivity contribution < 1.29 is 17.9 Å². The molecule has 1 aromatic carbocycles. The summed E-state index contributed by atoms with van der Waals surface area (Å²) in [4.78, 5) is 12.7. The molecule has 0 aliphatic carbocycles. The highest BCUT2D eigenvalue weighted by atomic mass is 32.2. The number of carbonyl (C=O) groups is 1. The number of hydrogen-bond acceptors (Lipinski definition) is 5. The number of rotatable bonds is 6. The van der Waals surface area contributed by atoms with Gasteiger partial charge in [0.15, 0.2) is 0 Å². The van der Waals surface area contributed by atoms with Crippen LogP contribution in [0.25, 0.3) is 0 Å². The normalized spacial score (nSPS) is 18.2. The Morgan fingerprint density at radius 1 is 1.27 bits per heavy atom. The predicted octanol–water partition coefficient (Wildman–Crippen LogP) is 3.33. The zero-order chi connectivity index (χ0) is 18.7. The molecule has 3 rings (SSSR count). The molecule has 0 spiro atoms. The Hall–Kier alpha value is -1.90. The summed E-state index contributed by atoms with van der Waals surface area (Å²) in [6.45, 7) is 4.25. The zero-order valence-electron chi connectivity index (χ0n) is 14.7. The van der Waals surface area contributed by atoms with Gasteiger partial charge >= 0.3 is 0 Å². The van der Waals surface area contributed by atoms with E-state index in [9.17, 15) is 13.2 Å². The molecule has 0 radical (unpaired) electrons. The zero-order valence-corrected chi connectivity index (χ0v) is 16.3. The first-order valence-corrected chi connectivity index (χ1v) is 10.8. The molecule has 1 unspecified atom stereocenters. The Kier molecular flexibility index (Phi) is 5.64. The highest BCUT2D eigenvalue weighted by molar-refractivity contribution is 7.91. The SMILES string of the molecule is CC(C)Oc1ccc(NC(=O)C2CCCN2S(=O)(=O)c2cccs2)cc1. The van der Waals surface area contributed by atoms with Crippen LogP contribution in [-0.4, -0.2) is 37.3 Å². The number of sulfonamides is 1. The molecule has 1 aliphatic rings. The van der Waals surface area contributed by atoms with Crippen LogP contribution in [-0.2, 0) is 14.8 Å². The number of nitrogens with zero attached hydrogens (tertiary/aromatic N) is 1. The quantitative estimate of drug-likeness (QED) is 0.815. The molecule has 1 aliphatic heterocycles. The van der Waals surface area contributed by atoms with Gasteiger partial charge < -0.3 is 10.1 Å². The van der Waals surface area contributed by atoms with Crippen LogP contribution in [0.1, 0.15) is 26.7 Å². The lowest BCUT2D eigenvalue weighted by molar-refractivity contribution is -0.119. The molecule has 1 aromatic heterocycles. The van der Waals surface area contributed by atoms with Crippen LogP contribution in [0.5, 0.6) is 5.75 Å². The lowest BCUT2D eigenvalue weighted by Crippen LogP contribution is -2.42. The molecule has 0 bridgehead atoms. The topological polar surface area (TPSA) is 75.7 Å². The van der Waals surface area contributed by atoms with E-state index >= 15 is 0 Å². The Morgan fingerprint density at radius 3 is 2.62 bits per heavy atom. The molecule has 1 amide bonds. The van der Waals surface area contributed by atoms with Crippen LogP contribution in [0.2, 0.25) is 0 Å². The van der Waals surface area contributed by atoms with Crippen LogP contribution in [0.15, 0.2) is 46.0 Å². The average molecular weight is 395 g/mol. The second-order valence-electron chi connectivity index (χ2n) is 6.39. The van der Waals surface area contributed by atoms with Gasteiger partial charge in [0.05, 0.1) is 6.10 Å². The fourth-order valence-electron chi connectivity index (χ4n) is 2.93. The maximum Gasteiger partial charge on any atom is 0.253 e. The summed E-state index contributed by atoms with van der Waals surface area (Å²) < 4.78 is 32.7. The minimum atomic E-state index is -3.63. The van der Waals surface area contributed by atoms with E-state index in [0.717, 1.165) is 5.75 Å². The standard InChI is InChI=1S/C18H22N2O4S2/c1-13(2)24-15-9-7-14(8-10-15)19-18(21)16-5-3-11-20(16)26(22,23)17-6-4-12-25-17/h4,6-10,12-13,16H,3,5,11H2,1-2H3,(H,19,21). The Labute approximate surface area is 157 Å². The van der Waals surface area contributed by atoms with E-state index in [1.807, 2.05) is 13.8 Å². The minimum absolute atomic E-state index is 0.0740. The van der Waals surface area contributed by atoms with Crippen molar-refractivity contribution >= 4 is 33.0 Å². The summed E-state index contributed by atoms with van der Waals surface area (Å²) in [6, 6.07) is 9.65. The third-order valence-corrected chi connectivity index (χ3v) is 7.34. The monoisotopic (exact) mass is 394 g/mol. The molecule has 1 fully saturated rings. The maximum atomic E-state index is 12.7. The predicted molar refractivity (Wildman–Crippen MR) is 102 cm³/mol. The summed E-state index contributed by atoms with van der Waals surface area (Å²) >= 11 is 1.17. The highest BCUT2D eigenvalue weighted by Crippen LogP contribution is 2.29. The van der Waals surface area contributed by atoms with Crippen molar-refractivity contribution in [1.82, 2.24) is 4.31 Å². The number of nitrogens with one attached hydrogen (secondary N) is 1. The number of benzene rings is 1. The third-order valence-electron chi connectivity index (χ3n) is 4.06. The number of thiophene rings is 1. The van der Waals surface area contributed by atoms with Crippen LogP contribution < -0.4 is 10.1 Å². The van der Waals surface area contributed by atoms with E-state index in [1.54, 1.807) is 41.8 Å². The van der Waals surface area contributed by atoms with E-state index in [0.29, 0.717) is 25.1 Å². The van der Waals surface area contributed by atoms with Gasteiger partial charge in [0.1, 0.15) is 16.0 Å². The van der Waals surface area contributed by atoms with Gasteiger partial charge in [0.2, 0.25) is 5.91 Å². The van der Waals surface area contributed by atoms with Crippen molar-refractivity contribution in [2.75, 3.05) is 11.9 Å². The van der Waals surface area contributed by atoms with Crippen molar-refractivity contribution in [3.8, 4) is 5.75 Å². The van der Waals surface area contributed by atoms with Gasteiger partial charge in [-0.3, -0.25) is 4.79 Å². The van der Waals surface area contributed by atoms with Crippen LogP contribution >= 0.6 is 11.3 Å². The first-order valence-electron chi connectivity index (χ1n) is 8.51. The van der Waals surface area contributed by atoms with E-state index in [-0.39, 0.29) is 16.2 Å². The summed E-state index contributed by atoms with van der Waals surface area (Å²) in [5, 5.41) is 4.54. The van der Waals surface area contributed by atoms with Crippen LogP contribution in [0, 0.1) is 0 Å². The van der Waals surface area contributed by atoms with Crippen LogP contribution in [0.4, 0.5) is 5.69 Å². The molecule has 26 heavy (non-hydrogen) atoms. The fourth-order valence-corrected chi connectivity index (χ4v) is 5.71. The summed E-state index contributed by atoms with van der Waals surface area (Å²) in [6.07, 6.45) is 1.26. The first-order chi connectivity index (χ1) is 12.4. The van der Waals surface area contributed by atoms with Crippen molar-refractivity contribution in [3.63, 3.8) is 0 Å². The van der Waals surface area contributed by atoms with E-state index < -0.39 is 16.1 Å². The summed E-state index contributed by atoms with van der Waals surface area (Å²) in [5.74, 6) is 0.418. The second kappa shape index (κ2) is 7.77. The first kappa shape index (κ1) is 18.9. The highest BCUT2D eigenvalue weighted by Gasteiger charge is 2.39. The van der Waals surface area contributed by atoms with Gasteiger partial charge in [-0.2, -0.15) is 4.31 Å². The van der Waals surface area contributed by atoms with E-state index in [1.165, 1.54) is 15.6 Å². The van der Waals surface area contributed by atoms with Gasteiger partial charge in [-0.25, -0.2) is 8.42 Å². The number of amides is 1. The molecule has 1 saturated heterocycles. The molecule has 8 heteroatoms. The van der Waals surface area contributed by atoms with Crippen molar-refractivity contribution in [2.45, 2.75) is 43.0 Å². The van der Waals surface area contributed by atoms with E-state index in [2.05, 4.69) is 5.32 Å².